The van der Waals surface area contributed by atoms with Crippen LogP contribution >= 0.6 is 11.3 Å². The van der Waals surface area contributed by atoms with Gasteiger partial charge in [-0.2, -0.15) is 0 Å². The molecule has 9 heteroatoms. The van der Waals surface area contributed by atoms with Crippen LogP contribution in [0.1, 0.15) is 15.4 Å². The summed E-state index contributed by atoms with van der Waals surface area (Å²) < 4.78 is 31.3. The van der Waals surface area contributed by atoms with Gasteiger partial charge in [-0.25, -0.2) is 17.7 Å². The van der Waals surface area contributed by atoms with E-state index in [-0.39, 0.29) is 16.2 Å². The van der Waals surface area contributed by atoms with E-state index in [1.54, 1.807) is 17.4 Å². The monoisotopic (exact) mass is 431 g/mol. The minimum Gasteiger partial charge on any atom is -0.495 e. The summed E-state index contributed by atoms with van der Waals surface area (Å²) in [4.78, 5) is 17.1. The fraction of sp³-hybridized carbons (Fsp3) is 0.200. The van der Waals surface area contributed by atoms with E-state index in [9.17, 15) is 13.2 Å². The van der Waals surface area contributed by atoms with Gasteiger partial charge in [0.05, 0.1) is 17.8 Å². The maximum absolute atomic E-state index is 12.7. The van der Waals surface area contributed by atoms with E-state index in [0.29, 0.717) is 5.69 Å². The van der Waals surface area contributed by atoms with Crippen molar-refractivity contribution in [2.24, 2.45) is 0 Å². The Bertz CT molecular complexity index is 1150. The Kier molecular flexibility index (Phi) is 6.02. The molecule has 0 saturated heterocycles. The molecule has 0 bridgehead atoms. The quantitative estimate of drug-likeness (QED) is 0.644. The lowest BCUT2D eigenvalue weighted by atomic mass is 10.1. The molecule has 0 aliphatic rings. The number of anilines is 1. The summed E-state index contributed by atoms with van der Waals surface area (Å²) in [6, 6.07) is 11.7. The lowest BCUT2D eigenvalue weighted by Gasteiger charge is -2.15. The van der Waals surface area contributed by atoms with Gasteiger partial charge >= 0.3 is 0 Å². The molecule has 3 aromatic rings. The van der Waals surface area contributed by atoms with Gasteiger partial charge in [-0.15, -0.1) is 11.3 Å². The van der Waals surface area contributed by atoms with Crippen molar-refractivity contribution in [3.63, 3.8) is 0 Å². The highest BCUT2D eigenvalue weighted by atomic mass is 32.2. The second-order valence-corrected chi connectivity index (χ2v) is 9.62. The molecule has 1 amide bonds. The molecule has 0 fully saturated rings. The van der Waals surface area contributed by atoms with Gasteiger partial charge in [0, 0.05) is 36.3 Å². The molecule has 1 aromatic heterocycles. The SMILES string of the molecule is COc1ccc(C(=O)Nc2cccc(-c3csc(C)n3)c2)cc1S(=O)(=O)N(C)C. The van der Waals surface area contributed by atoms with E-state index in [2.05, 4.69) is 10.3 Å². The first-order valence-electron chi connectivity index (χ1n) is 8.67. The van der Waals surface area contributed by atoms with Crippen LogP contribution in [0.15, 0.2) is 52.7 Å². The highest BCUT2D eigenvalue weighted by Crippen LogP contribution is 2.28. The Morgan fingerprint density at radius 1 is 1.17 bits per heavy atom. The Morgan fingerprint density at radius 3 is 2.55 bits per heavy atom. The first-order chi connectivity index (χ1) is 13.7. The number of sulfonamides is 1. The van der Waals surface area contributed by atoms with Gasteiger partial charge in [0.2, 0.25) is 10.0 Å². The predicted octanol–water partition coefficient (Wildman–Crippen LogP) is 3.63. The summed E-state index contributed by atoms with van der Waals surface area (Å²) >= 11 is 1.55. The molecule has 29 heavy (non-hydrogen) atoms. The van der Waals surface area contributed by atoms with Crippen molar-refractivity contribution in [3.8, 4) is 17.0 Å². The molecule has 0 saturated carbocycles. The summed E-state index contributed by atoms with van der Waals surface area (Å²) in [6.45, 7) is 1.93. The first-order valence-corrected chi connectivity index (χ1v) is 11.0. The second kappa shape index (κ2) is 8.32. The zero-order valence-corrected chi connectivity index (χ0v) is 18.1. The molecule has 1 N–H and O–H groups in total. The van der Waals surface area contributed by atoms with Crippen molar-refractivity contribution in [1.29, 1.82) is 0 Å². The third-order valence-electron chi connectivity index (χ3n) is 4.22. The molecule has 152 valence electrons. The van der Waals surface area contributed by atoms with Crippen LogP contribution in [0.2, 0.25) is 0 Å². The highest BCUT2D eigenvalue weighted by Gasteiger charge is 2.24. The molecular formula is C20H21N3O4S2. The number of carbonyl (C=O) groups is 1. The van der Waals surface area contributed by atoms with Crippen molar-refractivity contribution in [2.75, 3.05) is 26.5 Å². The topological polar surface area (TPSA) is 88.6 Å². The third-order valence-corrected chi connectivity index (χ3v) is 6.83. The fourth-order valence-corrected chi connectivity index (χ4v) is 4.37. The number of hydrogen-bond acceptors (Lipinski definition) is 6. The van der Waals surface area contributed by atoms with Gasteiger partial charge in [-0.3, -0.25) is 4.79 Å². The van der Waals surface area contributed by atoms with Crippen LogP contribution in [0, 0.1) is 6.92 Å². The molecule has 3 rings (SSSR count). The largest absolute Gasteiger partial charge is 0.495 e. The van der Waals surface area contributed by atoms with Crippen LogP contribution in [0.4, 0.5) is 5.69 Å². The lowest BCUT2D eigenvalue weighted by Crippen LogP contribution is -2.23. The number of carbonyl (C=O) groups excluding carboxylic acids is 1. The lowest BCUT2D eigenvalue weighted by molar-refractivity contribution is 0.102. The average Bonchev–Trinajstić information content (AvgIpc) is 3.14. The number of nitrogens with zero attached hydrogens (tertiary/aromatic N) is 2. The molecule has 0 aliphatic heterocycles. The number of benzene rings is 2. The van der Waals surface area contributed by atoms with E-state index in [1.807, 2.05) is 30.5 Å². The molecule has 0 radical (unpaired) electrons. The zero-order chi connectivity index (χ0) is 21.2. The molecule has 2 aromatic carbocycles. The van der Waals surface area contributed by atoms with E-state index < -0.39 is 15.9 Å². The molecule has 7 nitrogen and oxygen atoms in total. The number of hydrogen-bond donors (Lipinski definition) is 1. The van der Waals surface area contributed by atoms with Gasteiger partial charge in [0.25, 0.3) is 5.91 Å². The van der Waals surface area contributed by atoms with Crippen LogP contribution in [0.3, 0.4) is 0 Å². The van der Waals surface area contributed by atoms with Crippen LogP contribution in [0.5, 0.6) is 5.75 Å². The van der Waals surface area contributed by atoms with Crippen molar-refractivity contribution < 1.29 is 17.9 Å². The number of aryl methyl sites for hydroxylation is 1. The number of amides is 1. The van der Waals surface area contributed by atoms with E-state index in [0.717, 1.165) is 20.6 Å². The molecule has 0 unspecified atom stereocenters. The minimum absolute atomic E-state index is 0.0654. The standard InChI is InChI=1S/C20H21N3O4S2/c1-13-21-17(12-28-13)14-6-5-7-16(10-14)22-20(24)15-8-9-18(27-4)19(11-15)29(25,26)23(2)3/h5-12H,1-4H3,(H,22,24). The maximum Gasteiger partial charge on any atom is 0.255 e. The van der Waals surface area contributed by atoms with Crippen molar-refractivity contribution in [1.82, 2.24) is 9.29 Å². The van der Waals surface area contributed by atoms with Crippen LogP contribution in [0.25, 0.3) is 11.3 Å². The smallest absolute Gasteiger partial charge is 0.255 e. The van der Waals surface area contributed by atoms with Crippen LogP contribution in [-0.2, 0) is 10.0 Å². The molecule has 0 aliphatic carbocycles. The van der Waals surface area contributed by atoms with Gasteiger partial charge < -0.3 is 10.1 Å². The summed E-state index contributed by atoms with van der Waals surface area (Å²) in [5.74, 6) is -0.245. The maximum atomic E-state index is 12.7. The molecular weight excluding hydrogens is 410 g/mol. The van der Waals surface area contributed by atoms with Gasteiger partial charge in [0.15, 0.2) is 0 Å². The number of thiazole rings is 1. The second-order valence-electron chi connectivity index (χ2n) is 6.44. The van der Waals surface area contributed by atoms with Crippen LogP contribution < -0.4 is 10.1 Å². The zero-order valence-electron chi connectivity index (χ0n) is 16.5. The van der Waals surface area contributed by atoms with Gasteiger partial charge in [0.1, 0.15) is 10.6 Å². The van der Waals surface area contributed by atoms with E-state index >= 15 is 0 Å². The van der Waals surface area contributed by atoms with E-state index in [4.69, 9.17) is 4.74 Å². The first kappa shape index (κ1) is 21.0. The van der Waals surface area contributed by atoms with Gasteiger partial charge in [-0.05, 0) is 37.3 Å². The molecule has 0 atom stereocenters. The Hall–Kier alpha value is -2.75. The van der Waals surface area contributed by atoms with Crippen molar-refractivity contribution in [2.45, 2.75) is 11.8 Å². The summed E-state index contributed by atoms with van der Waals surface area (Å²) in [6.07, 6.45) is 0. The summed E-state index contributed by atoms with van der Waals surface area (Å²) in [5.41, 5.74) is 2.53. The average molecular weight is 432 g/mol. The fourth-order valence-electron chi connectivity index (χ4n) is 2.67. The highest BCUT2D eigenvalue weighted by molar-refractivity contribution is 7.89. The van der Waals surface area contributed by atoms with Crippen molar-refractivity contribution in [3.05, 3.63) is 58.4 Å². The number of nitrogens with one attached hydrogen (secondary N) is 1. The van der Waals surface area contributed by atoms with E-state index in [1.165, 1.54) is 39.4 Å². The number of ether oxygens (including phenoxy) is 1. The van der Waals surface area contributed by atoms with Crippen LogP contribution in [-0.4, -0.2) is 44.8 Å². The Labute approximate surface area is 174 Å². The van der Waals surface area contributed by atoms with Crippen molar-refractivity contribution >= 4 is 33.0 Å². The number of aromatic nitrogens is 1. The summed E-state index contributed by atoms with van der Waals surface area (Å²) in [7, 11) is 0.464. The molecule has 1 heterocycles. The predicted molar refractivity (Wildman–Crippen MR) is 114 cm³/mol. The number of methoxy groups -OCH3 is 1. The third kappa shape index (κ3) is 4.47. The normalized spacial score (nSPS) is 11.5. The number of rotatable bonds is 6. The molecule has 0 spiro atoms. The Balaban J connectivity index is 1.90. The minimum atomic E-state index is -3.77. The summed E-state index contributed by atoms with van der Waals surface area (Å²) in [5, 5.41) is 5.72. The van der Waals surface area contributed by atoms with Gasteiger partial charge in [-0.1, -0.05) is 12.1 Å². The Morgan fingerprint density at radius 2 is 1.93 bits per heavy atom.